The zero-order valence-corrected chi connectivity index (χ0v) is 30.5. The minimum absolute atomic E-state index is 0.591. The van der Waals surface area contributed by atoms with E-state index in [4.69, 9.17) is 31.5 Å². The molecule has 55 heavy (non-hydrogen) atoms. The van der Waals surface area contributed by atoms with Crippen LogP contribution in [-0.4, -0.2) is 19.9 Å². The first-order valence-corrected chi connectivity index (χ1v) is 18.5. The van der Waals surface area contributed by atoms with Gasteiger partial charge < -0.3 is 0 Å². The number of aromatic nitrogens is 4. The second-order valence-corrected chi connectivity index (χ2v) is 13.7. The molecule has 0 spiro atoms. The third kappa shape index (κ3) is 7.32. The van der Waals surface area contributed by atoms with Gasteiger partial charge in [-0.15, -0.1) is 0 Å². The predicted octanol–water partition coefficient (Wildman–Crippen LogP) is 13.3. The Morgan fingerprint density at radius 1 is 0.291 bits per heavy atom. The van der Waals surface area contributed by atoms with Gasteiger partial charge in [0.25, 0.3) is 0 Å². The van der Waals surface area contributed by atoms with Crippen molar-refractivity contribution >= 4 is 11.6 Å². The van der Waals surface area contributed by atoms with Crippen molar-refractivity contribution in [3.8, 4) is 89.9 Å². The van der Waals surface area contributed by atoms with E-state index in [1.807, 2.05) is 36.4 Å². The van der Waals surface area contributed by atoms with Crippen LogP contribution < -0.4 is 0 Å². The SMILES string of the molecule is Clc1cnc(-c2ccccc2)c(-c2cccc(-c3cccc(-c4nc(-c5ccc(-c6ccccc6)cc5)nc(-c5ccc(-c6ccccc6)cc5)n4)c3)c2)c1. The van der Waals surface area contributed by atoms with Gasteiger partial charge in [-0.25, -0.2) is 15.0 Å². The highest BCUT2D eigenvalue weighted by molar-refractivity contribution is 6.30. The molecule has 9 rings (SSSR count). The van der Waals surface area contributed by atoms with E-state index in [1.54, 1.807) is 6.20 Å². The van der Waals surface area contributed by atoms with E-state index in [9.17, 15) is 0 Å². The number of hydrogen-bond donors (Lipinski definition) is 0. The Balaban J connectivity index is 1.11. The van der Waals surface area contributed by atoms with Crippen molar-refractivity contribution in [3.63, 3.8) is 0 Å². The smallest absolute Gasteiger partial charge is 0.164 e. The summed E-state index contributed by atoms with van der Waals surface area (Å²) in [4.78, 5) is 19.9. The zero-order chi connectivity index (χ0) is 37.0. The maximum Gasteiger partial charge on any atom is 0.164 e. The Morgan fingerprint density at radius 3 is 1.16 bits per heavy atom. The van der Waals surface area contributed by atoms with Crippen LogP contribution >= 0.6 is 11.6 Å². The molecule has 0 aliphatic carbocycles. The normalized spacial score (nSPS) is 11.0. The first-order valence-electron chi connectivity index (χ1n) is 18.1. The van der Waals surface area contributed by atoms with Gasteiger partial charge >= 0.3 is 0 Å². The molecule has 0 saturated carbocycles. The lowest BCUT2D eigenvalue weighted by Crippen LogP contribution is -2.00. The van der Waals surface area contributed by atoms with Gasteiger partial charge in [-0.05, 0) is 57.1 Å². The molecule has 7 aromatic carbocycles. The molecule has 9 aromatic rings. The molecule has 0 amide bonds. The third-order valence-corrected chi connectivity index (χ3v) is 9.87. The lowest BCUT2D eigenvalue weighted by molar-refractivity contribution is 1.07. The van der Waals surface area contributed by atoms with Gasteiger partial charge in [0.1, 0.15) is 0 Å². The summed E-state index contributed by atoms with van der Waals surface area (Å²) in [6.07, 6.45) is 1.70. The van der Waals surface area contributed by atoms with E-state index in [2.05, 4.69) is 158 Å². The van der Waals surface area contributed by atoms with Gasteiger partial charge in [0, 0.05) is 34.0 Å². The average Bonchev–Trinajstić information content (AvgIpc) is 3.27. The van der Waals surface area contributed by atoms with E-state index in [1.165, 1.54) is 0 Å². The number of nitrogens with zero attached hydrogens (tertiary/aromatic N) is 4. The number of pyridine rings is 1. The van der Waals surface area contributed by atoms with E-state index in [0.29, 0.717) is 22.5 Å². The minimum Gasteiger partial charge on any atom is -0.254 e. The standard InChI is InChI=1S/C50H33ClN4/c51-45-32-46(47(52-33-45)38-16-8-3-9-17-38)43-20-10-18-41(30-43)42-19-11-21-44(31-42)50-54-48(39-26-22-36(23-27-39)34-12-4-1-5-13-34)53-49(55-50)40-28-24-37(25-29-40)35-14-6-2-7-15-35/h1-33H. The molecular formula is C50H33ClN4. The highest BCUT2D eigenvalue weighted by Gasteiger charge is 2.15. The van der Waals surface area contributed by atoms with Crippen molar-refractivity contribution in [1.82, 2.24) is 19.9 Å². The summed E-state index contributed by atoms with van der Waals surface area (Å²) < 4.78 is 0. The molecule has 0 bridgehead atoms. The molecule has 0 aliphatic rings. The quantitative estimate of drug-likeness (QED) is 0.157. The molecule has 2 aromatic heterocycles. The second kappa shape index (κ2) is 15.2. The Morgan fingerprint density at radius 2 is 0.655 bits per heavy atom. The molecule has 0 atom stereocenters. The van der Waals surface area contributed by atoms with E-state index < -0.39 is 0 Å². The topological polar surface area (TPSA) is 51.6 Å². The maximum atomic E-state index is 6.50. The maximum absolute atomic E-state index is 6.50. The lowest BCUT2D eigenvalue weighted by atomic mass is 9.95. The fourth-order valence-corrected chi connectivity index (χ4v) is 7.00. The Hall–Kier alpha value is -7.01. The van der Waals surface area contributed by atoms with Crippen LogP contribution in [0, 0.1) is 0 Å². The molecule has 0 N–H and O–H groups in total. The molecule has 5 heteroatoms. The first kappa shape index (κ1) is 33.8. The number of rotatable bonds is 8. The van der Waals surface area contributed by atoms with Crippen LogP contribution in [0.5, 0.6) is 0 Å². The molecule has 0 radical (unpaired) electrons. The largest absolute Gasteiger partial charge is 0.254 e. The van der Waals surface area contributed by atoms with Crippen molar-refractivity contribution in [1.29, 1.82) is 0 Å². The fourth-order valence-electron chi connectivity index (χ4n) is 6.84. The zero-order valence-electron chi connectivity index (χ0n) is 29.7. The van der Waals surface area contributed by atoms with Gasteiger partial charge in [0.05, 0.1) is 10.7 Å². The summed E-state index contributed by atoms with van der Waals surface area (Å²) in [5.74, 6) is 1.82. The first-order chi connectivity index (χ1) is 27.1. The van der Waals surface area contributed by atoms with Crippen molar-refractivity contribution < 1.29 is 0 Å². The second-order valence-electron chi connectivity index (χ2n) is 13.3. The van der Waals surface area contributed by atoms with Crippen molar-refractivity contribution in [2.45, 2.75) is 0 Å². The molecule has 260 valence electrons. The molecule has 2 heterocycles. The summed E-state index contributed by atoms with van der Waals surface area (Å²) in [5.41, 5.74) is 13.3. The fraction of sp³-hybridized carbons (Fsp3) is 0. The van der Waals surface area contributed by atoms with Crippen LogP contribution in [0.25, 0.3) is 89.9 Å². The van der Waals surface area contributed by atoms with E-state index in [-0.39, 0.29) is 0 Å². The van der Waals surface area contributed by atoms with Crippen molar-refractivity contribution in [2.75, 3.05) is 0 Å². The molecule has 0 unspecified atom stereocenters. The molecular weight excluding hydrogens is 692 g/mol. The van der Waals surface area contributed by atoms with Crippen molar-refractivity contribution in [3.05, 3.63) is 205 Å². The van der Waals surface area contributed by atoms with E-state index in [0.717, 1.165) is 72.5 Å². The van der Waals surface area contributed by atoms with Gasteiger partial charge in [-0.3, -0.25) is 4.98 Å². The highest BCUT2D eigenvalue weighted by atomic mass is 35.5. The number of hydrogen-bond acceptors (Lipinski definition) is 4. The van der Waals surface area contributed by atoms with Crippen LogP contribution in [0.15, 0.2) is 200 Å². The van der Waals surface area contributed by atoms with Gasteiger partial charge in [0.2, 0.25) is 0 Å². The van der Waals surface area contributed by atoms with Crippen LogP contribution in [0.4, 0.5) is 0 Å². The highest BCUT2D eigenvalue weighted by Crippen LogP contribution is 2.36. The Kier molecular flexibility index (Phi) is 9.31. The summed E-state index contributed by atoms with van der Waals surface area (Å²) >= 11 is 6.50. The van der Waals surface area contributed by atoms with Crippen LogP contribution in [0.2, 0.25) is 5.02 Å². The average molecular weight is 725 g/mol. The lowest BCUT2D eigenvalue weighted by Gasteiger charge is -2.12. The van der Waals surface area contributed by atoms with Gasteiger partial charge in [-0.1, -0.05) is 188 Å². The van der Waals surface area contributed by atoms with Gasteiger partial charge in [-0.2, -0.15) is 0 Å². The van der Waals surface area contributed by atoms with Crippen LogP contribution in [0.3, 0.4) is 0 Å². The Bertz CT molecular complexity index is 2630. The third-order valence-electron chi connectivity index (χ3n) is 9.67. The summed E-state index contributed by atoms with van der Waals surface area (Å²) in [6, 6.07) is 66.6. The number of benzene rings is 7. The summed E-state index contributed by atoms with van der Waals surface area (Å²) in [5, 5.41) is 0.591. The van der Waals surface area contributed by atoms with Gasteiger partial charge in [0.15, 0.2) is 17.5 Å². The Labute approximate surface area is 325 Å². The van der Waals surface area contributed by atoms with Crippen LogP contribution in [-0.2, 0) is 0 Å². The van der Waals surface area contributed by atoms with E-state index >= 15 is 0 Å². The summed E-state index contributed by atoms with van der Waals surface area (Å²) in [7, 11) is 0. The monoisotopic (exact) mass is 724 g/mol. The summed E-state index contributed by atoms with van der Waals surface area (Å²) in [6.45, 7) is 0. The molecule has 0 fully saturated rings. The molecule has 0 saturated heterocycles. The van der Waals surface area contributed by atoms with Crippen molar-refractivity contribution in [2.24, 2.45) is 0 Å². The predicted molar refractivity (Wildman–Crippen MR) is 226 cm³/mol. The van der Waals surface area contributed by atoms with Crippen LogP contribution in [0.1, 0.15) is 0 Å². The molecule has 4 nitrogen and oxygen atoms in total. The molecule has 0 aliphatic heterocycles. The minimum atomic E-state index is 0.591. The number of halogens is 1.